The van der Waals surface area contributed by atoms with Crippen molar-refractivity contribution in [1.82, 2.24) is 10.6 Å². The number of ether oxygens (including phenoxy) is 2. The summed E-state index contributed by atoms with van der Waals surface area (Å²) in [5.74, 6) is 1.55. The molecule has 0 aliphatic carbocycles. The maximum absolute atomic E-state index is 12.4. The molecule has 0 fully saturated rings. The van der Waals surface area contributed by atoms with Crippen molar-refractivity contribution in [3.8, 4) is 11.5 Å². The molecule has 2 N–H and O–H groups in total. The molecule has 1 atom stereocenters. The third kappa shape index (κ3) is 9.11. The van der Waals surface area contributed by atoms with Crippen LogP contribution in [0.4, 0.5) is 0 Å². The van der Waals surface area contributed by atoms with E-state index in [1.54, 1.807) is 14.2 Å². The highest BCUT2D eigenvalue weighted by atomic mass is 16.5. The van der Waals surface area contributed by atoms with Crippen LogP contribution in [0, 0.1) is 0 Å². The summed E-state index contributed by atoms with van der Waals surface area (Å²) >= 11 is 0. The number of hydrogen-bond donors (Lipinski definition) is 2. The first-order valence-electron chi connectivity index (χ1n) is 10.9. The third-order valence-electron chi connectivity index (χ3n) is 5.10. The number of nitrogens with one attached hydrogen (secondary N) is 2. The number of carbonyl (C=O) groups is 2. The molecule has 0 aliphatic heterocycles. The van der Waals surface area contributed by atoms with Gasteiger partial charge in [0, 0.05) is 25.4 Å². The van der Waals surface area contributed by atoms with Gasteiger partial charge in [0.2, 0.25) is 11.8 Å². The van der Waals surface area contributed by atoms with Gasteiger partial charge in [-0.2, -0.15) is 0 Å². The van der Waals surface area contributed by atoms with Gasteiger partial charge in [0.1, 0.15) is 11.5 Å². The van der Waals surface area contributed by atoms with Crippen LogP contribution in [0.3, 0.4) is 0 Å². The maximum Gasteiger partial charge on any atom is 0.220 e. The average molecular weight is 427 g/mol. The van der Waals surface area contributed by atoms with Crippen molar-refractivity contribution in [3.05, 3.63) is 59.7 Å². The first-order chi connectivity index (χ1) is 15.0. The molecule has 6 heteroatoms. The van der Waals surface area contributed by atoms with Crippen LogP contribution in [-0.2, 0) is 22.4 Å². The fraction of sp³-hybridized carbons (Fsp3) is 0.440. The van der Waals surface area contributed by atoms with Gasteiger partial charge in [-0.25, -0.2) is 0 Å². The van der Waals surface area contributed by atoms with Gasteiger partial charge in [-0.15, -0.1) is 0 Å². The predicted octanol–water partition coefficient (Wildman–Crippen LogP) is 3.67. The van der Waals surface area contributed by atoms with Crippen molar-refractivity contribution in [3.63, 3.8) is 0 Å². The Kier molecular flexibility index (Phi) is 10.4. The first kappa shape index (κ1) is 24.3. The second-order valence-corrected chi connectivity index (χ2v) is 7.56. The van der Waals surface area contributed by atoms with Crippen LogP contribution in [0.2, 0.25) is 0 Å². The van der Waals surface area contributed by atoms with Crippen molar-refractivity contribution in [2.75, 3.05) is 20.8 Å². The van der Waals surface area contributed by atoms with Gasteiger partial charge in [-0.3, -0.25) is 9.59 Å². The summed E-state index contributed by atoms with van der Waals surface area (Å²) in [5.41, 5.74) is 2.12. The zero-order chi connectivity index (χ0) is 22.5. The van der Waals surface area contributed by atoms with Gasteiger partial charge in [0.25, 0.3) is 0 Å². The highest BCUT2D eigenvalue weighted by Gasteiger charge is 2.13. The lowest BCUT2D eigenvalue weighted by Crippen LogP contribution is -2.43. The molecule has 1 unspecified atom stereocenters. The van der Waals surface area contributed by atoms with Gasteiger partial charge in [0.15, 0.2) is 0 Å². The summed E-state index contributed by atoms with van der Waals surface area (Å²) in [4.78, 5) is 24.7. The summed E-state index contributed by atoms with van der Waals surface area (Å²) in [6.45, 7) is 2.51. The van der Waals surface area contributed by atoms with Crippen molar-refractivity contribution in [2.24, 2.45) is 0 Å². The van der Waals surface area contributed by atoms with E-state index < -0.39 is 0 Å². The number of rotatable bonds is 13. The van der Waals surface area contributed by atoms with E-state index in [0.29, 0.717) is 32.2 Å². The van der Waals surface area contributed by atoms with Crippen LogP contribution in [0.1, 0.15) is 43.7 Å². The maximum atomic E-state index is 12.4. The zero-order valence-corrected chi connectivity index (χ0v) is 18.8. The minimum absolute atomic E-state index is 0.00750. The molecule has 31 heavy (non-hydrogen) atoms. The lowest BCUT2D eigenvalue weighted by Gasteiger charge is -2.19. The largest absolute Gasteiger partial charge is 0.497 e. The SMILES string of the molecule is CCCC(CNC(=O)CCc1cccc(OC)c1)NC(=O)CCc1cccc(OC)c1. The highest BCUT2D eigenvalue weighted by molar-refractivity contribution is 5.77. The number of aryl methyl sites for hydroxylation is 2. The topological polar surface area (TPSA) is 76.7 Å². The normalized spacial score (nSPS) is 11.5. The molecule has 0 saturated carbocycles. The minimum Gasteiger partial charge on any atom is -0.497 e. The zero-order valence-electron chi connectivity index (χ0n) is 18.8. The number of carbonyl (C=O) groups excluding carboxylic acids is 2. The third-order valence-corrected chi connectivity index (χ3v) is 5.10. The molecule has 0 saturated heterocycles. The smallest absolute Gasteiger partial charge is 0.220 e. The van der Waals surface area contributed by atoms with Crippen molar-refractivity contribution < 1.29 is 19.1 Å². The van der Waals surface area contributed by atoms with Crippen molar-refractivity contribution in [2.45, 2.75) is 51.5 Å². The summed E-state index contributed by atoms with van der Waals surface area (Å²) in [6, 6.07) is 15.4. The lowest BCUT2D eigenvalue weighted by atomic mass is 10.1. The lowest BCUT2D eigenvalue weighted by molar-refractivity contribution is -0.123. The van der Waals surface area contributed by atoms with Gasteiger partial charge in [-0.1, -0.05) is 37.6 Å². The van der Waals surface area contributed by atoms with Crippen LogP contribution in [0.15, 0.2) is 48.5 Å². The molecular weight excluding hydrogens is 392 g/mol. The van der Waals surface area contributed by atoms with Crippen LogP contribution in [-0.4, -0.2) is 38.6 Å². The van der Waals surface area contributed by atoms with Crippen LogP contribution < -0.4 is 20.1 Å². The monoisotopic (exact) mass is 426 g/mol. The first-order valence-corrected chi connectivity index (χ1v) is 10.9. The van der Waals surface area contributed by atoms with Gasteiger partial charge in [0.05, 0.1) is 14.2 Å². The molecule has 0 aliphatic rings. The van der Waals surface area contributed by atoms with E-state index >= 15 is 0 Å². The number of hydrogen-bond acceptors (Lipinski definition) is 4. The molecule has 0 radical (unpaired) electrons. The fourth-order valence-electron chi connectivity index (χ4n) is 3.37. The molecule has 2 aromatic carbocycles. The van der Waals surface area contributed by atoms with Crippen LogP contribution in [0.25, 0.3) is 0 Å². The Hall–Kier alpha value is -3.02. The molecule has 0 spiro atoms. The molecule has 2 aromatic rings. The predicted molar refractivity (Wildman–Crippen MR) is 122 cm³/mol. The van der Waals surface area contributed by atoms with Crippen LogP contribution >= 0.6 is 0 Å². The van der Waals surface area contributed by atoms with Gasteiger partial charge in [-0.05, 0) is 54.7 Å². The molecule has 2 amide bonds. The van der Waals surface area contributed by atoms with E-state index in [0.717, 1.165) is 35.5 Å². The standard InChI is InChI=1S/C25H34N2O4/c1-4-7-21(27-25(29)15-13-20-9-6-11-23(17-20)31-3)18-26-24(28)14-12-19-8-5-10-22(16-19)30-2/h5-6,8-11,16-17,21H,4,7,12-15,18H2,1-3H3,(H,26,28)(H,27,29). The highest BCUT2D eigenvalue weighted by Crippen LogP contribution is 2.15. The Morgan fingerprint density at radius 3 is 1.94 bits per heavy atom. The molecule has 0 bridgehead atoms. The Bertz CT molecular complexity index is 838. The van der Waals surface area contributed by atoms with E-state index in [9.17, 15) is 9.59 Å². The molecule has 6 nitrogen and oxygen atoms in total. The second-order valence-electron chi connectivity index (χ2n) is 7.56. The van der Waals surface area contributed by atoms with Crippen molar-refractivity contribution in [1.29, 1.82) is 0 Å². The average Bonchev–Trinajstić information content (AvgIpc) is 2.80. The molecular formula is C25H34N2O4. The Labute approximate surface area is 185 Å². The number of amides is 2. The van der Waals surface area contributed by atoms with Crippen LogP contribution in [0.5, 0.6) is 11.5 Å². The molecule has 2 rings (SSSR count). The van der Waals surface area contributed by atoms with E-state index in [4.69, 9.17) is 9.47 Å². The molecule has 0 heterocycles. The summed E-state index contributed by atoms with van der Waals surface area (Å²) < 4.78 is 10.4. The quantitative estimate of drug-likeness (QED) is 0.512. The second kappa shape index (κ2) is 13.3. The molecule has 168 valence electrons. The Balaban J connectivity index is 1.75. The minimum atomic E-state index is -0.0661. The van der Waals surface area contributed by atoms with E-state index in [1.165, 1.54) is 0 Å². The van der Waals surface area contributed by atoms with Crippen molar-refractivity contribution >= 4 is 11.8 Å². The van der Waals surface area contributed by atoms with E-state index in [1.807, 2.05) is 48.5 Å². The Morgan fingerprint density at radius 1 is 0.871 bits per heavy atom. The summed E-state index contributed by atoms with van der Waals surface area (Å²) in [6.07, 6.45) is 3.84. The number of methoxy groups -OCH3 is 2. The number of benzene rings is 2. The Morgan fingerprint density at radius 2 is 1.42 bits per heavy atom. The summed E-state index contributed by atoms with van der Waals surface area (Å²) in [7, 11) is 3.26. The fourth-order valence-corrected chi connectivity index (χ4v) is 3.37. The van der Waals surface area contributed by atoms with Gasteiger partial charge < -0.3 is 20.1 Å². The summed E-state index contributed by atoms with van der Waals surface area (Å²) in [5, 5.41) is 6.02. The molecule has 0 aromatic heterocycles. The van der Waals surface area contributed by atoms with Gasteiger partial charge >= 0.3 is 0 Å². The van der Waals surface area contributed by atoms with E-state index in [-0.39, 0.29) is 17.9 Å². The van der Waals surface area contributed by atoms with E-state index in [2.05, 4.69) is 17.6 Å².